The summed E-state index contributed by atoms with van der Waals surface area (Å²) < 4.78 is 38.4. The van der Waals surface area contributed by atoms with Crippen LogP contribution in [0.5, 0.6) is 5.75 Å². The molecule has 31 heavy (non-hydrogen) atoms. The van der Waals surface area contributed by atoms with Crippen molar-refractivity contribution < 1.29 is 23.0 Å². The highest BCUT2D eigenvalue weighted by Crippen LogP contribution is 2.23. The van der Waals surface area contributed by atoms with Crippen molar-refractivity contribution in [3.05, 3.63) is 65.2 Å². The molecule has 4 rings (SSSR count). The number of piperidine rings is 1. The average molecular weight is 430 g/mol. The monoisotopic (exact) mass is 430 g/mol. The summed E-state index contributed by atoms with van der Waals surface area (Å²) in [4.78, 5) is 16.6. The van der Waals surface area contributed by atoms with Gasteiger partial charge >= 0.3 is 0 Å². The molecule has 2 aliphatic rings. The number of benzene rings is 2. The molecule has 0 saturated carbocycles. The third kappa shape index (κ3) is 5.60. The van der Waals surface area contributed by atoms with Crippen LogP contribution in [-0.2, 0) is 16.1 Å². The third-order valence-corrected chi connectivity index (χ3v) is 6.01. The summed E-state index contributed by atoms with van der Waals surface area (Å²) in [6, 6.07) is 11.2. The minimum absolute atomic E-state index is 0.00112. The SMILES string of the molecule is Cc1ccc(F)c(CN2CCC(N3CC(COc4ccc(F)cc4)OCC3=O)CC2)c1. The summed E-state index contributed by atoms with van der Waals surface area (Å²) >= 11 is 0. The molecule has 0 aromatic heterocycles. The first-order valence-corrected chi connectivity index (χ1v) is 10.7. The Kier molecular flexibility index (Phi) is 6.83. The summed E-state index contributed by atoms with van der Waals surface area (Å²) in [5, 5.41) is 0. The van der Waals surface area contributed by atoms with E-state index in [0.29, 0.717) is 25.4 Å². The van der Waals surface area contributed by atoms with E-state index in [9.17, 15) is 13.6 Å². The molecule has 0 bridgehead atoms. The molecule has 1 unspecified atom stereocenters. The van der Waals surface area contributed by atoms with Gasteiger partial charge in [0.1, 0.15) is 36.7 Å². The maximum Gasteiger partial charge on any atom is 0.248 e. The number of rotatable bonds is 6. The summed E-state index contributed by atoms with van der Waals surface area (Å²) in [6.07, 6.45) is 1.48. The smallest absolute Gasteiger partial charge is 0.248 e. The number of carbonyl (C=O) groups is 1. The molecule has 1 atom stereocenters. The minimum atomic E-state index is -0.311. The van der Waals surface area contributed by atoms with E-state index in [4.69, 9.17) is 9.47 Å². The van der Waals surface area contributed by atoms with Crippen molar-refractivity contribution in [3.8, 4) is 5.75 Å². The standard InChI is InChI=1S/C24H28F2N2O3/c1-17-2-7-23(26)18(12-17)13-27-10-8-20(9-11-27)28-14-22(31-16-24(28)29)15-30-21-5-3-19(25)4-6-21/h2-7,12,20,22H,8-11,13-16H2,1H3. The molecule has 0 N–H and O–H groups in total. The molecule has 2 fully saturated rings. The van der Waals surface area contributed by atoms with Crippen LogP contribution in [-0.4, -0.2) is 60.7 Å². The highest BCUT2D eigenvalue weighted by atomic mass is 19.1. The highest BCUT2D eigenvalue weighted by Gasteiger charge is 2.34. The van der Waals surface area contributed by atoms with Gasteiger partial charge in [0.25, 0.3) is 0 Å². The van der Waals surface area contributed by atoms with E-state index in [-0.39, 0.29) is 36.3 Å². The molecule has 2 aromatic carbocycles. The number of nitrogens with zero attached hydrogens (tertiary/aromatic N) is 2. The number of aryl methyl sites for hydroxylation is 1. The van der Waals surface area contributed by atoms with Crippen LogP contribution in [0, 0.1) is 18.6 Å². The Morgan fingerprint density at radius 2 is 1.84 bits per heavy atom. The lowest BCUT2D eigenvalue weighted by Gasteiger charge is -2.42. The summed E-state index contributed by atoms with van der Waals surface area (Å²) in [5.74, 6) is 0.0981. The zero-order valence-electron chi connectivity index (χ0n) is 17.7. The molecule has 2 heterocycles. The predicted octanol–water partition coefficient (Wildman–Crippen LogP) is 3.54. The maximum atomic E-state index is 14.1. The Bertz CT molecular complexity index is 898. The second-order valence-corrected chi connectivity index (χ2v) is 8.35. The first-order chi connectivity index (χ1) is 15.0. The summed E-state index contributed by atoms with van der Waals surface area (Å²) in [7, 11) is 0. The fourth-order valence-corrected chi connectivity index (χ4v) is 4.27. The van der Waals surface area contributed by atoms with E-state index in [1.807, 2.05) is 17.9 Å². The Hall–Kier alpha value is -2.51. The van der Waals surface area contributed by atoms with Gasteiger partial charge in [0, 0.05) is 31.2 Å². The predicted molar refractivity (Wildman–Crippen MR) is 113 cm³/mol. The molecule has 166 valence electrons. The summed E-state index contributed by atoms with van der Waals surface area (Å²) in [5.41, 5.74) is 1.78. The van der Waals surface area contributed by atoms with Crippen LogP contribution in [0.25, 0.3) is 0 Å². The van der Waals surface area contributed by atoms with Gasteiger partial charge < -0.3 is 14.4 Å². The second-order valence-electron chi connectivity index (χ2n) is 8.35. The highest BCUT2D eigenvalue weighted by molar-refractivity contribution is 5.78. The number of hydrogen-bond acceptors (Lipinski definition) is 4. The van der Waals surface area contributed by atoms with E-state index < -0.39 is 0 Å². The Morgan fingerprint density at radius 3 is 2.58 bits per heavy atom. The third-order valence-electron chi connectivity index (χ3n) is 6.01. The van der Waals surface area contributed by atoms with Gasteiger partial charge in [-0.3, -0.25) is 9.69 Å². The van der Waals surface area contributed by atoms with Gasteiger partial charge in [-0.05, 0) is 50.1 Å². The quantitative estimate of drug-likeness (QED) is 0.703. The molecular formula is C24H28F2N2O3. The zero-order valence-corrected chi connectivity index (χ0v) is 17.7. The Labute approximate surface area is 181 Å². The van der Waals surface area contributed by atoms with Crippen molar-refractivity contribution in [1.29, 1.82) is 0 Å². The minimum Gasteiger partial charge on any atom is -0.491 e. The van der Waals surface area contributed by atoms with Crippen molar-refractivity contribution in [2.24, 2.45) is 0 Å². The first kappa shape index (κ1) is 21.7. The lowest BCUT2D eigenvalue weighted by atomic mass is 10.0. The molecule has 0 radical (unpaired) electrons. The second kappa shape index (κ2) is 9.75. The molecule has 7 heteroatoms. The fraction of sp³-hybridized carbons (Fsp3) is 0.458. The van der Waals surface area contributed by atoms with Gasteiger partial charge in [-0.2, -0.15) is 0 Å². The first-order valence-electron chi connectivity index (χ1n) is 10.7. The van der Waals surface area contributed by atoms with Crippen LogP contribution < -0.4 is 4.74 Å². The van der Waals surface area contributed by atoms with Crippen molar-refractivity contribution in [1.82, 2.24) is 9.80 Å². The van der Waals surface area contributed by atoms with Gasteiger partial charge in [-0.25, -0.2) is 8.78 Å². The van der Waals surface area contributed by atoms with Gasteiger partial charge in [0.2, 0.25) is 5.91 Å². The molecule has 2 aliphatic heterocycles. The Balaban J connectivity index is 1.28. The van der Waals surface area contributed by atoms with Gasteiger partial charge in [-0.1, -0.05) is 17.7 Å². The number of likely N-dealkylation sites (tertiary alicyclic amines) is 1. The van der Waals surface area contributed by atoms with Crippen LogP contribution in [0.3, 0.4) is 0 Å². The molecule has 0 aliphatic carbocycles. The van der Waals surface area contributed by atoms with Crippen molar-refractivity contribution in [3.63, 3.8) is 0 Å². The number of amides is 1. The topological polar surface area (TPSA) is 42.0 Å². The van der Waals surface area contributed by atoms with Gasteiger partial charge in [0.15, 0.2) is 0 Å². The summed E-state index contributed by atoms with van der Waals surface area (Å²) in [6.45, 7) is 5.03. The fourth-order valence-electron chi connectivity index (χ4n) is 4.27. The Morgan fingerprint density at radius 1 is 1.10 bits per heavy atom. The average Bonchev–Trinajstić information content (AvgIpc) is 2.77. The van der Waals surface area contributed by atoms with Gasteiger partial charge in [-0.15, -0.1) is 0 Å². The maximum absolute atomic E-state index is 14.1. The van der Waals surface area contributed by atoms with E-state index in [0.717, 1.165) is 37.1 Å². The lowest BCUT2D eigenvalue weighted by Crippen LogP contribution is -2.55. The van der Waals surface area contributed by atoms with E-state index in [1.54, 1.807) is 18.2 Å². The van der Waals surface area contributed by atoms with E-state index in [1.165, 1.54) is 18.2 Å². The molecule has 2 saturated heterocycles. The number of carbonyl (C=O) groups excluding carboxylic acids is 1. The van der Waals surface area contributed by atoms with Crippen LogP contribution in [0.15, 0.2) is 42.5 Å². The van der Waals surface area contributed by atoms with Crippen molar-refractivity contribution in [2.45, 2.75) is 38.5 Å². The molecule has 1 amide bonds. The molecule has 2 aromatic rings. The van der Waals surface area contributed by atoms with Crippen LogP contribution in [0.1, 0.15) is 24.0 Å². The van der Waals surface area contributed by atoms with Crippen LogP contribution >= 0.6 is 0 Å². The molecule has 0 spiro atoms. The number of hydrogen-bond donors (Lipinski definition) is 0. The normalized spacial score (nSPS) is 20.8. The zero-order chi connectivity index (χ0) is 21.8. The number of ether oxygens (including phenoxy) is 2. The van der Waals surface area contributed by atoms with Gasteiger partial charge in [0.05, 0.1) is 6.54 Å². The van der Waals surface area contributed by atoms with Crippen molar-refractivity contribution >= 4 is 5.91 Å². The molecule has 5 nitrogen and oxygen atoms in total. The molecular weight excluding hydrogens is 402 g/mol. The number of morpholine rings is 1. The number of halogens is 2. The largest absolute Gasteiger partial charge is 0.491 e. The van der Waals surface area contributed by atoms with Crippen molar-refractivity contribution in [2.75, 3.05) is 32.8 Å². The van der Waals surface area contributed by atoms with Crippen LogP contribution in [0.4, 0.5) is 8.78 Å². The lowest BCUT2D eigenvalue weighted by molar-refractivity contribution is -0.155. The van der Waals surface area contributed by atoms with Crippen LogP contribution in [0.2, 0.25) is 0 Å². The van der Waals surface area contributed by atoms with E-state index >= 15 is 0 Å². The van der Waals surface area contributed by atoms with E-state index in [2.05, 4.69) is 4.90 Å².